The van der Waals surface area contributed by atoms with E-state index in [0.717, 1.165) is 30.2 Å². The molecule has 2 nitrogen and oxygen atoms in total. The van der Waals surface area contributed by atoms with Crippen LogP contribution in [0.4, 0.5) is 0 Å². The third-order valence-corrected chi connectivity index (χ3v) is 4.02. The molecule has 0 radical (unpaired) electrons. The van der Waals surface area contributed by atoms with E-state index in [9.17, 15) is 5.11 Å². The van der Waals surface area contributed by atoms with E-state index in [2.05, 4.69) is 30.9 Å². The van der Waals surface area contributed by atoms with E-state index in [1.54, 1.807) is 0 Å². The van der Waals surface area contributed by atoms with Crippen LogP contribution in [0.5, 0.6) is 0 Å². The molecular weight excluding hydrogens is 234 g/mol. The Kier molecular flexibility index (Phi) is 3.48. The summed E-state index contributed by atoms with van der Waals surface area (Å²) in [5, 5.41) is 11.0. The summed E-state index contributed by atoms with van der Waals surface area (Å²) in [6, 6.07) is 6.14. The van der Waals surface area contributed by atoms with Gasteiger partial charge in [-0.05, 0) is 30.0 Å². The summed E-state index contributed by atoms with van der Waals surface area (Å²) in [5.41, 5.74) is 1.82. The number of hydrogen-bond acceptors (Lipinski definition) is 2. The van der Waals surface area contributed by atoms with Crippen LogP contribution in [0, 0.1) is 12.8 Å². The Morgan fingerprint density at radius 3 is 2.59 bits per heavy atom. The van der Waals surface area contributed by atoms with E-state index in [0.29, 0.717) is 5.92 Å². The highest BCUT2D eigenvalue weighted by Gasteiger charge is 2.43. The normalized spacial score (nSPS) is 19.4. The third kappa shape index (κ3) is 2.65. The molecule has 0 atom stereocenters. The van der Waals surface area contributed by atoms with Gasteiger partial charge in [-0.1, -0.05) is 37.6 Å². The summed E-state index contributed by atoms with van der Waals surface area (Å²) in [5.74, 6) is 0.312. The van der Waals surface area contributed by atoms with Crippen molar-refractivity contribution in [3.63, 3.8) is 0 Å². The standard InChI is InChI=1S/C14H20ClNO/c1-10(2)14(17)8-16(9-14)7-12-5-4-11(3)6-13(12)15/h4-6,10,17H,7-9H2,1-3H3. The molecule has 1 aromatic carbocycles. The van der Waals surface area contributed by atoms with E-state index >= 15 is 0 Å². The predicted octanol–water partition coefficient (Wildman–Crippen LogP) is 2.85. The number of rotatable bonds is 3. The number of aliphatic hydroxyl groups is 1. The molecule has 0 aliphatic carbocycles. The van der Waals surface area contributed by atoms with Gasteiger partial charge in [0.05, 0.1) is 5.60 Å². The van der Waals surface area contributed by atoms with Crippen LogP contribution >= 0.6 is 11.6 Å². The molecular formula is C14H20ClNO. The second-order valence-electron chi connectivity index (χ2n) is 5.50. The van der Waals surface area contributed by atoms with Crippen molar-refractivity contribution >= 4 is 11.6 Å². The van der Waals surface area contributed by atoms with Crippen LogP contribution in [0.25, 0.3) is 0 Å². The maximum absolute atomic E-state index is 10.2. The number of nitrogens with zero attached hydrogens (tertiary/aromatic N) is 1. The van der Waals surface area contributed by atoms with Crippen LogP contribution < -0.4 is 0 Å². The lowest BCUT2D eigenvalue weighted by Crippen LogP contribution is -2.63. The molecule has 1 aliphatic rings. The zero-order valence-corrected chi connectivity index (χ0v) is 11.5. The van der Waals surface area contributed by atoms with E-state index in [1.807, 2.05) is 13.0 Å². The quantitative estimate of drug-likeness (QED) is 0.896. The van der Waals surface area contributed by atoms with Crippen molar-refractivity contribution < 1.29 is 5.11 Å². The summed E-state index contributed by atoms with van der Waals surface area (Å²) >= 11 is 6.20. The van der Waals surface area contributed by atoms with Crippen LogP contribution in [0.1, 0.15) is 25.0 Å². The largest absolute Gasteiger partial charge is 0.387 e. The zero-order chi connectivity index (χ0) is 12.6. The van der Waals surface area contributed by atoms with Crippen LogP contribution in [0.15, 0.2) is 18.2 Å². The van der Waals surface area contributed by atoms with Gasteiger partial charge in [0.25, 0.3) is 0 Å². The Bertz CT molecular complexity index is 411. The lowest BCUT2D eigenvalue weighted by molar-refractivity contribution is -0.130. The number of β-amino-alcohol motifs (C(OH)–C–C–N with tert-alkyl or cyclic N) is 1. The predicted molar refractivity (Wildman–Crippen MR) is 71.3 cm³/mol. The first-order valence-corrected chi connectivity index (χ1v) is 6.48. The van der Waals surface area contributed by atoms with Gasteiger partial charge in [0, 0.05) is 24.7 Å². The molecule has 2 rings (SSSR count). The van der Waals surface area contributed by atoms with Gasteiger partial charge < -0.3 is 5.11 Å². The molecule has 0 saturated carbocycles. The van der Waals surface area contributed by atoms with Crippen LogP contribution in [0.3, 0.4) is 0 Å². The van der Waals surface area contributed by atoms with Crippen molar-refractivity contribution in [3.8, 4) is 0 Å². The molecule has 1 saturated heterocycles. The maximum Gasteiger partial charge on any atom is 0.0923 e. The number of halogens is 1. The fourth-order valence-electron chi connectivity index (χ4n) is 2.23. The van der Waals surface area contributed by atoms with E-state index in [4.69, 9.17) is 11.6 Å². The Morgan fingerprint density at radius 2 is 2.06 bits per heavy atom. The van der Waals surface area contributed by atoms with Gasteiger partial charge in [0.2, 0.25) is 0 Å². The molecule has 1 aromatic rings. The highest BCUT2D eigenvalue weighted by atomic mass is 35.5. The lowest BCUT2D eigenvalue weighted by Gasteiger charge is -2.49. The van der Waals surface area contributed by atoms with E-state index in [-0.39, 0.29) is 0 Å². The summed E-state index contributed by atoms with van der Waals surface area (Å²) in [7, 11) is 0. The average molecular weight is 254 g/mol. The van der Waals surface area contributed by atoms with Crippen molar-refractivity contribution in [1.82, 2.24) is 4.90 Å². The Balaban J connectivity index is 1.96. The number of benzene rings is 1. The fraction of sp³-hybridized carbons (Fsp3) is 0.571. The third-order valence-electron chi connectivity index (χ3n) is 3.67. The second-order valence-corrected chi connectivity index (χ2v) is 5.91. The highest BCUT2D eigenvalue weighted by molar-refractivity contribution is 6.31. The molecule has 1 N–H and O–H groups in total. The van der Waals surface area contributed by atoms with Crippen molar-refractivity contribution in [1.29, 1.82) is 0 Å². The van der Waals surface area contributed by atoms with Gasteiger partial charge in [-0.2, -0.15) is 0 Å². The molecule has 3 heteroatoms. The summed E-state index contributed by atoms with van der Waals surface area (Å²) in [6.45, 7) is 8.49. The van der Waals surface area contributed by atoms with Gasteiger partial charge in [0.15, 0.2) is 0 Å². The minimum atomic E-state index is -0.503. The second kappa shape index (κ2) is 4.60. The molecule has 0 unspecified atom stereocenters. The SMILES string of the molecule is Cc1ccc(CN2CC(O)(C(C)C)C2)c(Cl)c1. The first-order valence-electron chi connectivity index (χ1n) is 6.10. The number of aryl methyl sites for hydroxylation is 1. The highest BCUT2D eigenvalue weighted by Crippen LogP contribution is 2.31. The molecule has 0 amide bonds. The monoisotopic (exact) mass is 253 g/mol. The molecule has 1 heterocycles. The van der Waals surface area contributed by atoms with E-state index < -0.39 is 5.60 Å². The van der Waals surface area contributed by atoms with Gasteiger partial charge in [0.1, 0.15) is 0 Å². The Hall–Kier alpha value is -0.570. The summed E-state index contributed by atoms with van der Waals surface area (Å²) in [6.07, 6.45) is 0. The van der Waals surface area contributed by atoms with Crippen LogP contribution in [0.2, 0.25) is 5.02 Å². The van der Waals surface area contributed by atoms with Crippen molar-refractivity contribution in [2.24, 2.45) is 5.92 Å². The fourth-order valence-corrected chi connectivity index (χ4v) is 2.52. The van der Waals surface area contributed by atoms with Crippen molar-refractivity contribution in [2.45, 2.75) is 32.9 Å². The van der Waals surface area contributed by atoms with Gasteiger partial charge >= 0.3 is 0 Å². The van der Waals surface area contributed by atoms with Crippen LogP contribution in [-0.4, -0.2) is 28.7 Å². The lowest BCUT2D eigenvalue weighted by atomic mass is 9.83. The topological polar surface area (TPSA) is 23.5 Å². The molecule has 1 fully saturated rings. The molecule has 0 aromatic heterocycles. The van der Waals surface area contributed by atoms with Gasteiger partial charge in [-0.3, -0.25) is 4.90 Å². The maximum atomic E-state index is 10.2. The van der Waals surface area contributed by atoms with Gasteiger partial charge in [-0.15, -0.1) is 0 Å². The van der Waals surface area contributed by atoms with Crippen molar-refractivity contribution in [2.75, 3.05) is 13.1 Å². The molecule has 1 aliphatic heterocycles. The van der Waals surface area contributed by atoms with Gasteiger partial charge in [-0.25, -0.2) is 0 Å². The minimum Gasteiger partial charge on any atom is -0.387 e. The molecule has 0 spiro atoms. The molecule has 0 bridgehead atoms. The first kappa shape index (κ1) is 12.9. The van der Waals surface area contributed by atoms with E-state index in [1.165, 1.54) is 5.56 Å². The smallest absolute Gasteiger partial charge is 0.0923 e. The van der Waals surface area contributed by atoms with Crippen molar-refractivity contribution in [3.05, 3.63) is 34.3 Å². The molecule has 94 valence electrons. The minimum absolute atomic E-state index is 0.312. The summed E-state index contributed by atoms with van der Waals surface area (Å²) < 4.78 is 0. The number of likely N-dealkylation sites (tertiary alicyclic amines) is 1. The first-order chi connectivity index (χ1) is 7.90. The number of hydrogen-bond donors (Lipinski definition) is 1. The Morgan fingerprint density at radius 1 is 1.41 bits per heavy atom. The van der Waals surface area contributed by atoms with Crippen LogP contribution in [-0.2, 0) is 6.54 Å². The zero-order valence-electron chi connectivity index (χ0n) is 10.7. The molecule has 17 heavy (non-hydrogen) atoms. The average Bonchev–Trinajstić information content (AvgIpc) is 2.19. The summed E-state index contributed by atoms with van der Waals surface area (Å²) in [4.78, 5) is 2.23. The Labute approximate surface area is 108 Å².